The van der Waals surface area contributed by atoms with Crippen molar-refractivity contribution in [2.75, 3.05) is 0 Å². The van der Waals surface area contributed by atoms with Crippen molar-refractivity contribution < 1.29 is 4.42 Å². The van der Waals surface area contributed by atoms with Crippen LogP contribution in [-0.4, -0.2) is 9.13 Å². The van der Waals surface area contributed by atoms with Gasteiger partial charge in [0.2, 0.25) is 0 Å². The lowest BCUT2D eigenvalue weighted by molar-refractivity contribution is 0.667. The van der Waals surface area contributed by atoms with Gasteiger partial charge in [-0.05, 0) is 66.9 Å². The Morgan fingerprint density at radius 2 is 1.24 bits per heavy atom. The maximum atomic E-state index is 6.57. The van der Waals surface area contributed by atoms with Crippen molar-refractivity contribution in [3.05, 3.63) is 145 Å². The molecule has 11 aromatic rings. The molecule has 0 bridgehead atoms. The Morgan fingerprint density at radius 3 is 2.10 bits per heavy atom. The summed E-state index contributed by atoms with van der Waals surface area (Å²) in [5, 5.41) is 9.99. The van der Waals surface area contributed by atoms with E-state index in [2.05, 4.69) is 156 Å². The van der Waals surface area contributed by atoms with E-state index in [0.29, 0.717) is 0 Å². The number of benzene rings is 7. The monoisotopic (exact) mass is 660 g/mol. The summed E-state index contributed by atoms with van der Waals surface area (Å²) in [5.74, 6) is 0. The molecule has 4 aromatic heterocycles. The number of nitrogens with zero attached hydrogens (tertiary/aromatic N) is 2. The van der Waals surface area contributed by atoms with Gasteiger partial charge in [-0.1, -0.05) is 98.3 Å². The Bertz CT molecular complexity index is 3150. The first kappa shape index (κ1) is 28.0. The highest BCUT2D eigenvalue weighted by atomic mass is 32.1. The molecule has 11 rings (SSSR count). The Kier molecular flexibility index (Phi) is 5.93. The number of furan rings is 1. The first-order valence-electron chi connectivity index (χ1n) is 17.6. The predicted octanol–water partition coefficient (Wildman–Crippen LogP) is 13.5. The lowest BCUT2D eigenvalue weighted by Crippen LogP contribution is -1.95. The van der Waals surface area contributed by atoms with Crippen molar-refractivity contribution in [3.8, 4) is 11.4 Å². The second-order valence-corrected chi connectivity index (χ2v) is 14.6. The summed E-state index contributed by atoms with van der Waals surface area (Å²) < 4.78 is 14.1. The molecule has 0 saturated carbocycles. The van der Waals surface area contributed by atoms with Crippen molar-refractivity contribution in [3.63, 3.8) is 0 Å². The Balaban J connectivity index is 1.22. The van der Waals surface area contributed by atoms with E-state index in [0.717, 1.165) is 28.7 Å². The van der Waals surface area contributed by atoms with Gasteiger partial charge in [0.25, 0.3) is 0 Å². The van der Waals surface area contributed by atoms with Crippen LogP contribution in [0.15, 0.2) is 144 Å². The van der Waals surface area contributed by atoms with Crippen LogP contribution in [0.1, 0.15) is 25.3 Å². The maximum Gasteiger partial charge on any atom is 0.137 e. The van der Waals surface area contributed by atoms with Gasteiger partial charge in [-0.15, -0.1) is 11.3 Å². The Labute approximate surface area is 292 Å². The van der Waals surface area contributed by atoms with Crippen molar-refractivity contribution >= 4 is 97.1 Å². The summed E-state index contributed by atoms with van der Waals surface area (Å²) in [6.45, 7) is 2.24. The minimum absolute atomic E-state index is 0.919. The third-order valence-electron chi connectivity index (χ3n) is 10.7. The molecule has 0 saturated heterocycles. The highest BCUT2D eigenvalue weighted by molar-refractivity contribution is 7.26. The SMILES string of the molecule is CCCCc1ccc2c(c1)oc1cc(-n3c4ccccc4c4c3ccc3c5ccccc5n(-c5cccc6c5sc5ccccc56)c34)ccc12. The number of rotatable bonds is 5. The van der Waals surface area contributed by atoms with Gasteiger partial charge < -0.3 is 13.6 Å². The molecule has 238 valence electrons. The zero-order chi connectivity index (χ0) is 32.9. The molecule has 0 N–H and O–H groups in total. The zero-order valence-electron chi connectivity index (χ0n) is 27.6. The van der Waals surface area contributed by atoms with Crippen LogP contribution < -0.4 is 0 Å². The van der Waals surface area contributed by atoms with Gasteiger partial charge in [0, 0.05) is 59.5 Å². The molecule has 4 heteroatoms. The molecule has 0 fully saturated rings. The van der Waals surface area contributed by atoms with Gasteiger partial charge in [-0.3, -0.25) is 0 Å². The summed E-state index contributed by atoms with van der Waals surface area (Å²) >= 11 is 1.89. The predicted molar refractivity (Wildman–Crippen MR) is 214 cm³/mol. The summed E-state index contributed by atoms with van der Waals surface area (Å²) in [6.07, 6.45) is 3.46. The van der Waals surface area contributed by atoms with Gasteiger partial charge >= 0.3 is 0 Å². The Morgan fingerprint density at radius 1 is 0.540 bits per heavy atom. The molecule has 4 heterocycles. The summed E-state index contributed by atoms with van der Waals surface area (Å²) in [7, 11) is 0. The number of hydrogen-bond acceptors (Lipinski definition) is 2. The molecular formula is C46H32N2OS. The van der Waals surface area contributed by atoms with E-state index in [1.165, 1.54) is 93.3 Å². The molecule has 50 heavy (non-hydrogen) atoms. The van der Waals surface area contributed by atoms with E-state index in [9.17, 15) is 0 Å². The second-order valence-electron chi connectivity index (χ2n) is 13.5. The van der Waals surface area contributed by atoms with Crippen molar-refractivity contribution in [2.24, 2.45) is 0 Å². The molecule has 0 aliphatic heterocycles. The molecular weight excluding hydrogens is 629 g/mol. The average Bonchev–Trinajstić information content (AvgIpc) is 3.90. The minimum atomic E-state index is 0.919. The van der Waals surface area contributed by atoms with Gasteiger partial charge in [-0.25, -0.2) is 0 Å². The Hall–Kier alpha value is -5.84. The first-order chi connectivity index (χ1) is 24.8. The highest BCUT2D eigenvalue weighted by Crippen LogP contribution is 2.45. The van der Waals surface area contributed by atoms with E-state index < -0.39 is 0 Å². The molecule has 0 unspecified atom stereocenters. The molecule has 0 aliphatic rings. The van der Waals surface area contributed by atoms with Gasteiger partial charge in [0.05, 0.1) is 32.5 Å². The number of fused-ring (bicyclic) bond motifs is 13. The summed E-state index contributed by atoms with van der Waals surface area (Å²) in [6, 6.07) is 51.4. The number of thiophene rings is 1. The molecule has 7 aromatic carbocycles. The number of aromatic nitrogens is 2. The van der Waals surface area contributed by atoms with Crippen molar-refractivity contribution in [1.82, 2.24) is 9.13 Å². The molecule has 0 aliphatic carbocycles. The van der Waals surface area contributed by atoms with E-state index in [4.69, 9.17) is 4.42 Å². The maximum absolute atomic E-state index is 6.57. The van der Waals surface area contributed by atoms with E-state index in [-0.39, 0.29) is 0 Å². The van der Waals surface area contributed by atoms with Crippen LogP contribution in [0.3, 0.4) is 0 Å². The topological polar surface area (TPSA) is 23.0 Å². The lowest BCUT2D eigenvalue weighted by Gasteiger charge is -2.11. The number of para-hydroxylation sites is 2. The van der Waals surface area contributed by atoms with Crippen LogP contribution in [0.5, 0.6) is 0 Å². The fraction of sp³-hybridized carbons (Fsp3) is 0.0870. The largest absolute Gasteiger partial charge is 0.456 e. The first-order valence-corrected chi connectivity index (χ1v) is 18.4. The summed E-state index contributed by atoms with van der Waals surface area (Å²) in [4.78, 5) is 0. The van der Waals surface area contributed by atoms with Crippen LogP contribution in [-0.2, 0) is 6.42 Å². The van der Waals surface area contributed by atoms with Crippen LogP contribution >= 0.6 is 11.3 Å². The molecule has 0 radical (unpaired) electrons. The standard InChI is InChI=1S/C46H32N2OS/c1-2-3-11-28-20-22-31-32-23-21-29(27-42(32)49-41(31)26-28)47-38-17-8-5-14-36(38)44-39(47)25-24-34-30-12-4-7-16-37(30)48(45(34)44)40-18-10-15-35-33-13-6-9-19-43(33)50-46(35)40/h4-10,12-27H,2-3,11H2,1H3. The van der Waals surface area contributed by atoms with Crippen LogP contribution in [0.2, 0.25) is 0 Å². The average molecular weight is 661 g/mol. The zero-order valence-corrected chi connectivity index (χ0v) is 28.4. The quantitative estimate of drug-likeness (QED) is 0.180. The normalized spacial score (nSPS) is 12.3. The third kappa shape index (κ3) is 3.85. The molecule has 0 spiro atoms. The third-order valence-corrected chi connectivity index (χ3v) is 11.9. The van der Waals surface area contributed by atoms with Crippen LogP contribution in [0, 0.1) is 0 Å². The summed E-state index contributed by atoms with van der Waals surface area (Å²) in [5.41, 5.74) is 10.4. The second kappa shape index (κ2) is 10.6. The fourth-order valence-electron chi connectivity index (χ4n) is 8.43. The van der Waals surface area contributed by atoms with E-state index >= 15 is 0 Å². The minimum Gasteiger partial charge on any atom is -0.456 e. The van der Waals surface area contributed by atoms with Crippen LogP contribution in [0.25, 0.3) is 97.1 Å². The van der Waals surface area contributed by atoms with Crippen LogP contribution in [0.4, 0.5) is 0 Å². The molecule has 0 amide bonds. The molecule has 0 atom stereocenters. The van der Waals surface area contributed by atoms with E-state index in [1.807, 2.05) is 11.3 Å². The van der Waals surface area contributed by atoms with E-state index in [1.54, 1.807) is 0 Å². The van der Waals surface area contributed by atoms with Gasteiger partial charge in [0.15, 0.2) is 0 Å². The number of unbranched alkanes of at least 4 members (excludes halogenated alkanes) is 1. The molecule has 3 nitrogen and oxygen atoms in total. The highest BCUT2D eigenvalue weighted by Gasteiger charge is 2.22. The van der Waals surface area contributed by atoms with Crippen molar-refractivity contribution in [2.45, 2.75) is 26.2 Å². The fourth-order valence-corrected chi connectivity index (χ4v) is 9.64. The van der Waals surface area contributed by atoms with Gasteiger partial charge in [0.1, 0.15) is 11.2 Å². The lowest BCUT2D eigenvalue weighted by atomic mass is 10.1. The number of hydrogen-bond donors (Lipinski definition) is 0. The smallest absolute Gasteiger partial charge is 0.137 e. The van der Waals surface area contributed by atoms with Gasteiger partial charge in [-0.2, -0.15) is 0 Å². The van der Waals surface area contributed by atoms with Crippen molar-refractivity contribution in [1.29, 1.82) is 0 Å². The number of aryl methyl sites for hydroxylation is 1.